The van der Waals surface area contributed by atoms with Gasteiger partial charge in [-0.15, -0.1) is 0 Å². The second-order valence-corrected chi connectivity index (χ2v) is 5.94. The minimum absolute atomic E-state index is 0.0445. The van der Waals surface area contributed by atoms with E-state index in [1.807, 2.05) is 19.1 Å². The number of aromatic nitrogens is 1. The molecule has 6 heteroatoms. The molecule has 1 saturated heterocycles. The number of aromatic carboxylic acids is 1. The molecule has 1 aromatic heterocycles. The normalized spacial score (nSPS) is 23.0. The first kappa shape index (κ1) is 16.0. The van der Waals surface area contributed by atoms with Crippen LogP contribution in [-0.2, 0) is 5.60 Å². The molecule has 122 valence electrons. The summed E-state index contributed by atoms with van der Waals surface area (Å²) in [5.74, 6) is -1.09. The predicted octanol–water partition coefficient (Wildman–Crippen LogP) is 2.14. The molecular formula is C18H17N3O3. The Bertz CT molecular complexity index is 796. The number of carboxylic acid groups (broad SMARTS) is 1. The largest absolute Gasteiger partial charge is 0.477 e. The number of pyridine rings is 1. The number of nitrogens with zero attached hydrogens (tertiary/aromatic N) is 3. The van der Waals surface area contributed by atoms with Gasteiger partial charge in [0.1, 0.15) is 11.3 Å². The molecule has 0 saturated carbocycles. The lowest BCUT2D eigenvalue weighted by molar-refractivity contribution is 0.0325. The van der Waals surface area contributed by atoms with Gasteiger partial charge in [-0.1, -0.05) is 6.07 Å². The van der Waals surface area contributed by atoms with Gasteiger partial charge in [-0.2, -0.15) is 5.26 Å². The molecule has 2 heterocycles. The van der Waals surface area contributed by atoms with Crippen molar-refractivity contribution in [3.8, 4) is 6.07 Å². The molecule has 1 aliphatic heterocycles. The van der Waals surface area contributed by atoms with Gasteiger partial charge in [0, 0.05) is 24.0 Å². The summed E-state index contributed by atoms with van der Waals surface area (Å²) in [7, 11) is 0. The molecule has 0 aliphatic carbocycles. The number of carbonyl (C=O) groups is 1. The fraction of sp³-hybridized carbons (Fsp3) is 0.278. The molecule has 2 aromatic rings. The summed E-state index contributed by atoms with van der Waals surface area (Å²) in [6, 6.07) is 12.2. The monoisotopic (exact) mass is 323 g/mol. The fourth-order valence-corrected chi connectivity index (χ4v) is 3.19. The zero-order chi connectivity index (χ0) is 17.3. The van der Waals surface area contributed by atoms with E-state index in [9.17, 15) is 9.90 Å². The lowest BCUT2D eigenvalue weighted by Gasteiger charge is -2.32. The highest BCUT2D eigenvalue weighted by Crippen LogP contribution is 2.39. The number of nitriles is 1. The Balaban J connectivity index is 1.87. The Hall–Kier alpha value is -2.91. The predicted molar refractivity (Wildman–Crippen MR) is 87.7 cm³/mol. The average Bonchev–Trinajstić information content (AvgIpc) is 2.91. The third kappa shape index (κ3) is 2.59. The van der Waals surface area contributed by atoms with Crippen molar-refractivity contribution in [3.05, 3.63) is 59.4 Å². The molecule has 3 rings (SSSR count). The van der Waals surface area contributed by atoms with E-state index in [2.05, 4.69) is 16.0 Å². The SMILES string of the molecule is C[C@@H]1N(c2ccc(C#N)cc2)CC[C@@]1(O)c1ccc(C(=O)O)nc1. The van der Waals surface area contributed by atoms with Gasteiger partial charge in [0.15, 0.2) is 0 Å². The van der Waals surface area contributed by atoms with Gasteiger partial charge in [-0.3, -0.25) is 0 Å². The van der Waals surface area contributed by atoms with Crippen molar-refractivity contribution in [2.75, 3.05) is 11.4 Å². The molecule has 0 bridgehead atoms. The number of hydrogen-bond donors (Lipinski definition) is 2. The van der Waals surface area contributed by atoms with Crippen molar-refractivity contribution in [2.45, 2.75) is 25.0 Å². The van der Waals surface area contributed by atoms with E-state index in [1.54, 1.807) is 18.2 Å². The summed E-state index contributed by atoms with van der Waals surface area (Å²) in [5, 5.41) is 28.9. The van der Waals surface area contributed by atoms with Gasteiger partial charge in [0.25, 0.3) is 0 Å². The minimum atomic E-state index is -1.10. The van der Waals surface area contributed by atoms with E-state index in [1.165, 1.54) is 12.3 Å². The first-order valence-corrected chi connectivity index (χ1v) is 7.65. The van der Waals surface area contributed by atoms with E-state index < -0.39 is 11.6 Å². The van der Waals surface area contributed by atoms with Crippen LogP contribution in [0.15, 0.2) is 42.6 Å². The molecule has 6 nitrogen and oxygen atoms in total. The van der Waals surface area contributed by atoms with Crippen molar-refractivity contribution in [3.63, 3.8) is 0 Å². The van der Waals surface area contributed by atoms with Crippen molar-refractivity contribution < 1.29 is 15.0 Å². The lowest BCUT2D eigenvalue weighted by atomic mass is 9.88. The highest BCUT2D eigenvalue weighted by atomic mass is 16.4. The summed E-state index contributed by atoms with van der Waals surface area (Å²) in [4.78, 5) is 16.9. The maximum absolute atomic E-state index is 11.1. The zero-order valence-electron chi connectivity index (χ0n) is 13.2. The van der Waals surface area contributed by atoms with Crippen LogP contribution in [0.5, 0.6) is 0 Å². The molecule has 1 aliphatic rings. The van der Waals surface area contributed by atoms with E-state index >= 15 is 0 Å². The standard InChI is InChI=1S/C18H17N3O3/c1-12-18(24,14-4-7-16(17(22)23)20-11-14)8-9-21(12)15-5-2-13(10-19)3-6-15/h2-7,11-12,24H,8-9H2,1H3,(H,22,23)/t12-,18-/m0/s1. The van der Waals surface area contributed by atoms with E-state index in [4.69, 9.17) is 10.4 Å². The Morgan fingerprint density at radius 1 is 1.33 bits per heavy atom. The van der Waals surface area contributed by atoms with Crippen LogP contribution < -0.4 is 4.90 Å². The van der Waals surface area contributed by atoms with Gasteiger partial charge < -0.3 is 15.1 Å². The Labute approximate surface area is 139 Å². The first-order valence-electron chi connectivity index (χ1n) is 7.65. The highest BCUT2D eigenvalue weighted by molar-refractivity contribution is 5.85. The van der Waals surface area contributed by atoms with Crippen LogP contribution in [0.3, 0.4) is 0 Å². The molecule has 0 unspecified atom stereocenters. The van der Waals surface area contributed by atoms with E-state index in [-0.39, 0.29) is 11.7 Å². The number of benzene rings is 1. The van der Waals surface area contributed by atoms with Crippen LogP contribution in [-0.4, -0.2) is 33.8 Å². The third-order valence-corrected chi connectivity index (χ3v) is 4.70. The number of hydrogen-bond acceptors (Lipinski definition) is 5. The maximum atomic E-state index is 11.1. The quantitative estimate of drug-likeness (QED) is 0.898. The van der Waals surface area contributed by atoms with E-state index in [0.717, 1.165) is 5.69 Å². The molecule has 1 fully saturated rings. The Morgan fingerprint density at radius 2 is 2.04 bits per heavy atom. The van der Waals surface area contributed by atoms with E-state index in [0.29, 0.717) is 24.1 Å². The van der Waals surface area contributed by atoms with Crippen LogP contribution in [0.2, 0.25) is 0 Å². The third-order valence-electron chi connectivity index (χ3n) is 4.70. The molecule has 1 aromatic carbocycles. The van der Waals surface area contributed by atoms with Gasteiger partial charge in [0.05, 0.1) is 17.7 Å². The van der Waals surface area contributed by atoms with Crippen LogP contribution in [0.25, 0.3) is 0 Å². The number of anilines is 1. The molecule has 0 radical (unpaired) electrons. The summed E-state index contributed by atoms with van der Waals surface area (Å²) in [6.07, 6.45) is 1.95. The number of rotatable bonds is 3. The summed E-state index contributed by atoms with van der Waals surface area (Å²) in [6.45, 7) is 2.58. The summed E-state index contributed by atoms with van der Waals surface area (Å²) in [5.41, 5.74) is 0.993. The summed E-state index contributed by atoms with van der Waals surface area (Å²) < 4.78 is 0. The second kappa shape index (κ2) is 5.95. The van der Waals surface area contributed by atoms with Crippen LogP contribution >= 0.6 is 0 Å². The van der Waals surface area contributed by atoms with Crippen molar-refractivity contribution >= 4 is 11.7 Å². The fourth-order valence-electron chi connectivity index (χ4n) is 3.19. The Kier molecular flexibility index (Phi) is 3.96. The van der Waals surface area contributed by atoms with Gasteiger partial charge in [0.2, 0.25) is 0 Å². The molecule has 2 atom stereocenters. The van der Waals surface area contributed by atoms with Crippen LogP contribution in [0, 0.1) is 11.3 Å². The van der Waals surface area contributed by atoms with Crippen molar-refractivity contribution in [2.24, 2.45) is 0 Å². The topological polar surface area (TPSA) is 97.5 Å². The first-order chi connectivity index (χ1) is 11.5. The zero-order valence-corrected chi connectivity index (χ0v) is 13.2. The molecular weight excluding hydrogens is 306 g/mol. The van der Waals surface area contributed by atoms with Crippen molar-refractivity contribution in [1.29, 1.82) is 5.26 Å². The average molecular weight is 323 g/mol. The molecule has 0 amide bonds. The smallest absolute Gasteiger partial charge is 0.354 e. The van der Waals surface area contributed by atoms with Gasteiger partial charge >= 0.3 is 5.97 Å². The highest BCUT2D eigenvalue weighted by Gasteiger charge is 2.45. The lowest BCUT2D eigenvalue weighted by Crippen LogP contribution is -2.40. The number of aliphatic hydroxyl groups is 1. The minimum Gasteiger partial charge on any atom is -0.477 e. The maximum Gasteiger partial charge on any atom is 0.354 e. The van der Waals surface area contributed by atoms with Gasteiger partial charge in [-0.25, -0.2) is 9.78 Å². The van der Waals surface area contributed by atoms with Gasteiger partial charge in [-0.05, 0) is 43.7 Å². The van der Waals surface area contributed by atoms with Crippen molar-refractivity contribution in [1.82, 2.24) is 4.98 Å². The molecule has 0 spiro atoms. The summed E-state index contributed by atoms with van der Waals surface area (Å²) >= 11 is 0. The molecule has 2 N–H and O–H groups in total. The number of carboxylic acids is 1. The Morgan fingerprint density at radius 3 is 2.58 bits per heavy atom. The van der Waals surface area contributed by atoms with Crippen LogP contribution in [0.4, 0.5) is 5.69 Å². The second-order valence-electron chi connectivity index (χ2n) is 5.94. The molecule has 24 heavy (non-hydrogen) atoms. The van der Waals surface area contributed by atoms with Crippen LogP contribution in [0.1, 0.15) is 35.0 Å².